The zero-order chi connectivity index (χ0) is 26.8. The number of nitrogens with zero attached hydrogens (tertiary/aromatic N) is 3. The van der Waals surface area contributed by atoms with Crippen molar-refractivity contribution in [3.8, 4) is 11.5 Å². The van der Waals surface area contributed by atoms with Gasteiger partial charge in [0, 0.05) is 56.1 Å². The van der Waals surface area contributed by atoms with Crippen LogP contribution in [0.2, 0.25) is 5.02 Å². The van der Waals surface area contributed by atoms with Crippen LogP contribution in [-0.4, -0.2) is 85.8 Å². The molecule has 0 unspecified atom stereocenters. The molecule has 1 atom stereocenters. The Morgan fingerprint density at radius 2 is 1.82 bits per heavy atom. The number of hydrogen-bond donors (Lipinski definition) is 1. The first-order valence-electron chi connectivity index (χ1n) is 12.5. The van der Waals surface area contributed by atoms with Crippen molar-refractivity contribution >= 4 is 29.5 Å². The van der Waals surface area contributed by atoms with Gasteiger partial charge in [0.1, 0.15) is 0 Å². The molecule has 1 saturated heterocycles. The van der Waals surface area contributed by atoms with Crippen LogP contribution in [0.3, 0.4) is 0 Å². The lowest BCUT2D eigenvalue weighted by molar-refractivity contribution is -0.139. The van der Waals surface area contributed by atoms with Crippen molar-refractivity contribution in [1.82, 2.24) is 20.0 Å². The molecule has 3 aliphatic heterocycles. The fourth-order valence-electron chi connectivity index (χ4n) is 4.87. The Morgan fingerprint density at radius 3 is 2.55 bits per heavy atom. The van der Waals surface area contributed by atoms with E-state index in [1.807, 2.05) is 6.07 Å². The maximum absolute atomic E-state index is 13.2. The number of carbonyl (C=O) groups is 3. The van der Waals surface area contributed by atoms with Crippen LogP contribution in [-0.2, 0) is 9.53 Å². The zero-order valence-electron chi connectivity index (χ0n) is 21.2. The van der Waals surface area contributed by atoms with E-state index in [0.717, 1.165) is 0 Å². The predicted octanol–water partition coefficient (Wildman–Crippen LogP) is 3.04. The van der Waals surface area contributed by atoms with Crippen molar-refractivity contribution in [1.29, 1.82) is 0 Å². The molecule has 0 aliphatic carbocycles. The Hall–Kier alpha value is -3.76. The Bertz CT molecular complexity index is 1290. The van der Waals surface area contributed by atoms with Crippen LogP contribution < -0.4 is 14.8 Å². The lowest BCUT2D eigenvalue weighted by atomic mass is 9.94. The summed E-state index contributed by atoms with van der Waals surface area (Å²) in [5.41, 5.74) is 2.06. The van der Waals surface area contributed by atoms with Gasteiger partial charge < -0.3 is 24.4 Å². The smallest absolute Gasteiger partial charge is 0.338 e. The van der Waals surface area contributed by atoms with Crippen molar-refractivity contribution < 1.29 is 28.6 Å². The molecule has 38 heavy (non-hydrogen) atoms. The van der Waals surface area contributed by atoms with Crippen molar-refractivity contribution in [2.24, 2.45) is 0 Å². The first-order chi connectivity index (χ1) is 18.4. The van der Waals surface area contributed by atoms with E-state index in [1.54, 1.807) is 55.3 Å². The number of halogens is 1. The summed E-state index contributed by atoms with van der Waals surface area (Å²) in [4.78, 5) is 44.6. The summed E-state index contributed by atoms with van der Waals surface area (Å²) < 4.78 is 16.1. The average molecular weight is 541 g/mol. The number of carbonyl (C=O) groups excluding carboxylic acids is 3. The summed E-state index contributed by atoms with van der Waals surface area (Å²) >= 11 is 6.45. The van der Waals surface area contributed by atoms with Gasteiger partial charge in [0.2, 0.25) is 6.79 Å². The SMILES string of the molecule is CCOC(=O)C1=C(CN2CCN(C(=O)c3ccc4c(c3)OCO4)CC2)N(C)C(=O)N[C@H]1c1ccccc1Cl. The van der Waals surface area contributed by atoms with Gasteiger partial charge in [0.15, 0.2) is 11.5 Å². The third-order valence-corrected chi connectivity index (χ3v) is 7.29. The molecule has 0 spiro atoms. The van der Waals surface area contributed by atoms with Crippen LogP contribution in [0.4, 0.5) is 4.79 Å². The fourth-order valence-corrected chi connectivity index (χ4v) is 5.12. The zero-order valence-corrected chi connectivity index (χ0v) is 22.0. The summed E-state index contributed by atoms with van der Waals surface area (Å²) in [7, 11) is 1.63. The van der Waals surface area contributed by atoms with E-state index in [-0.39, 0.29) is 25.3 Å². The molecule has 2 aromatic carbocycles. The highest BCUT2D eigenvalue weighted by atomic mass is 35.5. The number of hydrogen-bond acceptors (Lipinski definition) is 7. The molecule has 0 radical (unpaired) electrons. The Morgan fingerprint density at radius 1 is 1.08 bits per heavy atom. The molecule has 3 heterocycles. The monoisotopic (exact) mass is 540 g/mol. The van der Waals surface area contributed by atoms with E-state index in [4.69, 9.17) is 25.8 Å². The molecule has 0 bridgehead atoms. The predicted molar refractivity (Wildman–Crippen MR) is 139 cm³/mol. The van der Waals surface area contributed by atoms with E-state index in [2.05, 4.69) is 10.2 Å². The minimum absolute atomic E-state index is 0.0812. The van der Waals surface area contributed by atoms with Crippen LogP contribution in [0.15, 0.2) is 53.7 Å². The molecule has 2 aromatic rings. The van der Waals surface area contributed by atoms with E-state index < -0.39 is 12.0 Å². The second kappa shape index (κ2) is 10.9. The summed E-state index contributed by atoms with van der Waals surface area (Å²) in [6.07, 6.45) is 0. The van der Waals surface area contributed by atoms with Crippen LogP contribution >= 0.6 is 11.6 Å². The molecule has 5 rings (SSSR count). The van der Waals surface area contributed by atoms with Gasteiger partial charge in [-0.05, 0) is 36.8 Å². The second-order valence-corrected chi connectivity index (χ2v) is 9.59. The van der Waals surface area contributed by atoms with Gasteiger partial charge in [-0.2, -0.15) is 0 Å². The molecule has 3 aliphatic rings. The third-order valence-electron chi connectivity index (χ3n) is 6.94. The molecular formula is C27H29ClN4O6. The molecule has 0 aromatic heterocycles. The summed E-state index contributed by atoms with van der Waals surface area (Å²) in [5, 5.41) is 3.33. The minimum Gasteiger partial charge on any atom is -0.463 e. The number of urea groups is 1. The number of amides is 3. The second-order valence-electron chi connectivity index (χ2n) is 9.18. The number of benzene rings is 2. The van der Waals surface area contributed by atoms with Gasteiger partial charge >= 0.3 is 12.0 Å². The lowest BCUT2D eigenvalue weighted by Gasteiger charge is -2.39. The number of fused-ring (bicyclic) bond motifs is 1. The number of nitrogens with one attached hydrogen (secondary N) is 1. The molecule has 200 valence electrons. The highest BCUT2D eigenvalue weighted by Gasteiger charge is 2.38. The van der Waals surface area contributed by atoms with Crippen molar-refractivity contribution in [2.45, 2.75) is 13.0 Å². The highest BCUT2D eigenvalue weighted by molar-refractivity contribution is 6.31. The minimum atomic E-state index is -0.740. The van der Waals surface area contributed by atoms with Crippen molar-refractivity contribution in [3.63, 3.8) is 0 Å². The van der Waals surface area contributed by atoms with Gasteiger partial charge in [-0.1, -0.05) is 29.8 Å². The number of rotatable bonds is 6. The maximum atomic E-state index is 13.2. The first kappa shape index (κ1) is 25.9. The molecule has 1 N–H and O–H groups in total. The number of ether oxygens (including phenoxy) is 3. The quantitative estimate of drug-likeness (QED) is 0.562. The Labute approximate surface area is 225 Å². The van der Waals surface area contributed by atoms with Crippen molar-refractivity contribution in [3.05, 3.63) is 69.9 Å². The Kier molecular flexibility index (Phi) is 7.44. The molecule has 1 fully saturated rings. The first-order valence-corrected chi connectivity index (χ1v) is 12.8. The average Bonchev–Trinajstić information content (AvgIpc) is 3.40. The van der Waals surface area contributed by atoms with Crippen LogP contribution in [0.5, 0.6) is 11.5 Å². The van der Waals surface area contributed by atoms with Gasteiger partial charge in [0.05, 0.1) is 18.2 Å². The normalized spacial score (nSPS) is 19.4. The van der Waals surface area contributed by atoms with Gasteiger partial charge in [-0.3, -0.25) is 14.6 Å². The fraction of sp³-hybridized carbons (Fsp3) is 0.370. The standard InChI is InChI=1S/C27H29ClN4O6/c1-3-36-26(34)23-20(30(2)27(35)29-24(23)18-6-4-5-7-19(18)28)15-31-10-12-32(13-11-31)25(33)17-8-9-21-22(14-17)38-16-37-21/h4-9,14,24H,3,10-13,15-16H2,1-2H3,(H,29,35)/t24-/m0/s1. The van der Waals surface area contributed by atoms with Crippen molar-refractivity contribution in [2.75, 3.05) is 53.2 Å². The molecule has 11 heteroatoms. The van der Waals surface area contributed by atoms with Gasteiger partial charge in [-0.25, -0.2) is 9.59 Å². The van der Waals surface area contributed by atoms with Gasteiger partial charge in [0.25, 0.3) is 5.91 Å². The molecule has 3 amide bonds. The number of esters is 1. The third kappa shape index (κ3) is 5.01. The van der Waals surface area contributed by atoms with Crippen LogP contribution in [0, 0.1) is 0 Å². The van der Waals surface area contributed by atoms with Gasteiger partial charge in [-0.15, -0.1) is 0 Å². The number of likely N-dealkylation sites (N-methyl/N-ethyl adjacent to an activating group) is 1. The van der Waals surface area contributed by atoms with Crippen LogP contribution in [0.25, 0.3) is 0 Å². The maximum Gasteiger partial charge on any atom is 0.338 e. The Balaban J connectivity index is 1.35. The number of piperazine rings is 1. The highest BCUT2D eigenvalue weighted by Crippen LogP contribution is 2.35. The summed E-state index contributed by atoms with van der Waals surface area (Å²) in [5.74, 6) is 0.616. The van der Waals surface area contributed by atoms with E-state index in [9.17, 15) is 14.4 Å². The van der Waals surface area contributed by atoms with Crippen LogP contribution in [0.1, 0.15) is 28.9 Å². The summed E-state index contributed by atoms with van der Waals surface area (Å²) in [6, 6.07) is 11.2. The molecule has 0 saturated carbocycles. The summed E-state index contributed by atoms with van der Waals surface area (Å²) in [6.45, 7) is 4.57. The van der Waals surface area contributed by atoms with E-state index in [1.165, 1.54) is 4.90 Å². The molecular weight excluding hydrogens is 512 g/mol. The molecule has 10 nitrogen and oxygen atoms in total. The lowest BCUT2D eigenvalue weighted by Crippen LogP contribution is -2.53. The van der Waals surface area contributed by atoms with E-state index >= 15 is 0 Å². The topological polar surface area (TPSA) is 101 Å². The largest absolute Gasteiger partial charge is 0.463 e. The van der Waals surface area contributed by atoms with E-state index in [0.29, 0.717) is 71.6 Å².